The second kappa shape index (κ2) is 5.11. The summed E-state index contributed by atoms with van der Waals surface area (Å²) in [5, 5.41) is 0.0395. The zero-order chi connectivity index (χ0) is 13.1. The van der Waals surface area contributed by atoms with Crippen LogP contribution in [0.1, 0.15) is 0 Å². The first-order valence-corrected chi connectivity index (χ1v) is 5.10. The van der Waals surface area contributed by atoms with E-state index in [1.54, 1.807) is 0 Å². The van der Waals surface area contributed by atoms with Crippen molar-refractivity contribution in [1.29, 1.82) is 0 Å². The summed E-state index contributed by atoms with van der Waals surface area (Å²) in [4.78, 5) is 7.48. The molecule has 1 aromatic carbocycles. The van der Waals surface area contributed by atoms with Crippen LogP contribution in [0.4, 0.5) is 14.7 Å². The van der Waals surface area contributed by atoms with Crippen molar-refractivity contribution in [2.45, 2.75) is 0 Å². The van der Waals surface area contributed by atoms with Gasteiger partial charge in [0.1, 0.15) is 10.8 Å². The lowest BCUT2D eigenvalue weighted by Crippen LogP contribution is -2.10. The molecule has 5 nitrogen and oxygen atoms in total. The summed E-state index contributed by atoms with van der Waals surface area (Å²) < 4.78 is 31.4. The van der Waals surface area contributed by atoms with Crippen LogP contribution in [-0.2, 0) is 0 Å². The Kier molecular flexibility index (Phi) is 3.54. The molecule has 94 valence electrons. The Labute approximate surface area is 106 Å². The number of nitrogens with one attached hydrogen (secondary N) is 1. The first-order valence-electron chi connectivity index (χ1n) is 4.72. The summed E-state index contributed by atoms with van der Waals surface area (Å²) in [7, 11) is 0. The third kappa shape index (κ3) is 2.63. The molecule has 0 aliphatic heterocycles. The van der Waals surface area contributed by atoms with Gasteiger partial charge in [0.2, 0.25) is 11.8 Å². The van der Waals surface area contributed by atoms with E-state index in [4.69, 9.17) is 22.2 Å². The van der Waals surface area contributed by atoms with E-state index in [9.17, 15) is 8.78 Å². The number of benzene rings is 1. The van der Waals surface area contributed by atoms with E-state index >= 15 is 0 Å². The molecule has 0 radical (unpaired) electrons. The summed E-state index contributed by atoms with van der Waals surface area (Å²) in [5.41, 5.74) is 2.18. The van der Waals surface area contributed by atoms with Crippen LogP contribution in [0.25, 0.3) is 0 Å². The molecular weight excluding hydrogens is 266 g/mol. The maximum Gasteiger partial charge on any atom is 0.243 e. The average molecular weight is 273 g/mol. The highest BCUT2D eigenvalue weighted by Crippen LogP contribution is 2.29. The van der Waals surface area contributed by atoms with Crippen molar-refractivity contribution in [2.75, 3.05) is 5.43 Å². The number of hydrogen-bond donors (Lipinski definition) is 2. The van der Waals surface area contributed by atoms with Gasteiger partial charge in [0.15, 0.2) is 11.6 Å². The van der Waals surface area contributed by atoms with Crippen LogP contribution in [0.3, 0.4) is 0 Å². The highest BCUT2D eigenvalue weighted by molar-refractivity contribution is 6.31. The van der Waals surface area contributed by atoms with E-state index < -0.39 is 11.6 Å². The van der Waals surface area contributed by atoms with Crippen molar-refractivity contribution < 1.29 is 13.5 Å². The van der Waals surface area contributed by atoms with Crippen LogP contribution in [0.5, 0.6) is 11.6 Å². The summed E-state index contributed by atoms with van der Waals surface area (Å²) >= 11 is 5.76. The summed E-state index contributed by atoms with van der Waals surface area (Å²) in [6, 6.07) is 2.78. The second-order valence-corrected chi connectivity index (χ2v) is 3.58. The number of rotatable bonds is 3. The van der Waals surface area contributed by atoms with Gasteiger partial charge >= 0.3 is 0 Å². The van der Waals surface area contributed by atoms with Crippen molar-refractivity contribution in [2.24, 2.45) is 5.84 Å². The van der Waals surface area contributed by atoms with Gasteiger partial charge in [-0.1, -0.05) is 11.6 Å². The number of ether oxygens (including phenoxy) is 1. The smallest absolute Gasteiger partial charge is 0.243 e. The van der Waals surface area contributed by atoms with Crippen molar-refractivity contribution in [3.05, 3.63) is 41.1 Å². The van der Waals surface area contributed by atoms with E-state index in [-0.39, 0.29) is 22.6 Å². The molecule has 0 spiro atoms. The molecule has 1 aromatic heterocycles. The first-order chi connectivity index (χ1) is 8.60. The van der Waals surface area contributed by atoms with Gasteiger partial charge in [-0.3, -0.25) is 5.43 Å². The predicted octanol–water partition coefficient (Wildman–Crippen LogP) is 2.49. The maximum atomic E-state index is 13.4. The lowest BCUT2D eigenvalue weighted by Gasteiger charge is -2.08. The van der Waals surface area contributed by atoms with E-state index in [1.807, 2.05) is 0 Å². The lowest BCUT2D eigenvalue weighted by atomic mass is 10.3. The number of hydrogen-bond acceptors (Lipinski definition) is 5. The molecule has 2 rings (SSSR count). The monoisotopic (exact) mass is 272 g/mol. The van der Waals surface area contributed by atoms with Crippen LogP contribution in [-0.4, -0.2) is 9.97 Å². The van der Waals surface area contributed by atoms with E-state index in [2.05, 4.69) is 15.4 Å². The molecular formula is C10H7ClF2N4O. The van der Waals surface area contributed by atoms with Crippen LogP contribution < -0.4 is 16.0 Å². The van der Waals surface area contributed by atoms with Crippen molar-refractivity contribution in [3.8, 4) is 11.6 Å². The molecule has 0 aliphatic rings. The Morgan fingerprint density at radius 2 is 2.11 bits per heavy atom. The standard InChI is InChI=1S/C10H7ClF2N4O/c11-6-4-15-10(17-14)16-9(6)18-8-3-5(12)1-2-7(8)13/h1-4H,14H2,(H,15,16,17). The lowest BCUT2D eigenvalue weighted by molar-refractivity contribution is 0.422. The molecule has 0 unspecified atom stereocenters. The molecule has 1 heterocycles. The van der Waals surface area contributed by atoms with Crippen molar-refractivity contribution in [1.82, 2.24) is 9.97 Å². The number of nitrogens with zero attached hydrogens (tertiary/aromatic N) is 2. The fourth-order valence-electron chi connectivity index (χ4n) is 1.15. The molecule has 0 bridgehead atoms. The minimum Gasteiger partial charge on any atom is -0.434 e. The van der Waals surface area contributed by atoms with Gasteiger partial charge in [-0.25, -0.2) is 19.6 Å². The van der Waals surface area contributed by atoms with E-state index in [0.29, 0.717) is 0 Å². The van der Waals surface area contributed by atoms with Crippen LogP contribution in [0, 0.1) is 11.6 Å². The molecule has 0 fully saturated rings. The molecule has 0 aliphatic carbocycles. The minimum absolute atomic E-state index is 0.0335. The average Bonchev–Trinajstić information content (AvgIpc) is 2.36. The molecule has 0 amide bonds. The third-order valence-electron chi connectivity index (χ3n) is 1.94. The SMILES string of the molecule is NNc1ncc(Cl)c(Oc2cc(F)ccc2F)n1. The Morgan fingerprint density at radius 3 is 2.83 bits per heavy atom. The van der Waals surface area contributed by atoms with Gasteiger partial charge in [-0.2, -0.15) is 4.98 Å². The first kappa shape index (κ1) is 12.5. The Bertz CT molecular complexity index is 582. The van der Waals surface area contributed by atoms with Crippen LogP contribution >= 0.6 is 11.6 Å². The fraction of sp³-hybridized carbons (Fsp3) is 0. The Hall–Kier alpha value is -1.99. The molecule has 3 N–H and O–H groups in total. The molecule has 2 aromatic rings. The fourth-order valence-corrected chi connectivity index (χ4v) is 1.28. The molecule has 0 saturated carbocycles. The van der Waals surface area contributed by atoms with Gasteiger partial charge < -0.3 is 4.74 Å². The number of nitrogens with two attached hydrogens (primary N) is 1. The van der Waals surface area contributed by atoms with Gasteiger partial charge in [-0.15, -0.1) is 0 Å². The predicted molar refractivity (Wildman–Crippen MR) is 61.3 cm³/mol. The van der Waals surface area contributed by atoms with E-state index in [0.717, 1.165) is 18.2 Å². The second-order valence-electron chi connectivity index (χ2n) is 3.17. The number of halogens is 3. The molecule has 8 heteroatoms. The van der Waals surface area contributed by atoms with Gasteiger partial charge in [0.25, 0.3) is 0 Å². The zero-order valence-corrected chi connectivity index (χ0v) is 9.58. The Balaban J connectivity index is 2.36. The van der Waals surface area contributed by atoms with E-state index in [1.165, 1.54) is 6.20 Å². The number of nitrogen functional groups attached to an aromatic ring is 1. The third-order valence-corrected chi connectivity index (χ3v) is 2.20. The zero-order valence-electron chi connectivity index (χ0n) is 8.82. The highest BCUT2D eigenvalue weighted by Gasteiger charge is 2.11. The van der Waals surface area contributed by atoms with Crippen molar-refractivity contribution in [3.63, 3.8) is 0 Å². The van der Waals surface area contributed by atoms with Crippen LogP contribution in [0.2, 0.25) is 5.02 Å². The largest absolute Gasteiger partial charge is 0.434 e. The summed E-state index contributed by atoms with van der Waals surface area (Å²) in [5.74, 6) is 3.29. The van der Waals surface area contributed by atoms with Crippen molar-refractivity contribution >= 4 is 17.5 Å². The van der Waals surface area contributed by atoms with Gasteiger partial charge in [0.05, 0.1) is 6.20 Å². The van der Waals surface area contributed by atoms with Gasteiger partial charge in [0, 0.05) is 6.07 Å². The molecule has 0 saturated heterocycles. The molecule has 0 atom stereocenters. The number of hydrazine groups is 1. The number of anilines is 1. The van der Waals surface area contributed by atoms with Crippen LogP contribution in [0.15, 0.2) is 24.4 Å². The molecule has 18 heavy (non-hydrogen) atoms. The quantitative estimate of drug-likeness (QED) is 0.663. The highest BCUT2D eigenvalue weighted by atomic mass is 35.5. The maximum absolute atomic E-state index is 13.4. The minimum atomic E-state index is -0.742. The normalized spacial score (nSPS) is 10.2. The summed E-state index contributed by atoms with van der Waals surface area (Å²) in [6.07, 6.45) is 1.22. The Morgan fingerprint density at radius 1 is 1.33 bits per heavy atom. The topological polar surface area (TPSA) is 73.1 Å². The summed E-state index contributed by atoms with van der Waals surface area (Å²) in [6.45, 7) is 0. The van der Waals surface area contributed by atoms with Gasteiger partial charge in [-0.05, 0) is 12.1 Å². The number of aromatic nitrogens is 2.